The van der Waals surface area contributed by atoms with Crippen molar-refractivity contribution in [2.45, 2.75) is 50.3 Å². The maximum Gasteiger partial charge on any atom is 0.408 e. The van der Waals surface area contributed by atoms with Gasteiger partial charge in [0.25, 0.3) is 13.9 Å². The van der Waals surface area contributed by atoms with Crippen LogP contribution >= 0.6 is 0 Å². The van der Waals surface area contributed by atoms with Crippen LogP contribution in [0.2, 0.25) is 5.04 Å². The summed E-state index contributed by atoms with van der Waals surface area (Å²) in [6, 6.07) is 20.2. The van der Waals surface area contributed by atoms with Crippen LogP contribution in [0.3, 0.4) is 0 Å². The molecule has 2 saturated heterocycles. The number of nitrogens with one attached hydrogen (secondary N) is 2. The van der Waals surface area contributed by atoms with E-state index in [-0.39, 0.29) is 28.8 Å². The Balaban J connectivity index is 1.36. The zero-order valence-electron chi connectivity index (χ0n) is 24.7. The number of carbonyl (C=O) groups is 1. The van der Waals surface area contributed by atoms with Crippen molar-refractivity contribution in [3.8, 4) is 0 Å². The number of fused-ring (bicyclic) bond motifs is 2. The van der Waals surface area contributed by atoms with Crippen LogP contribution in [0.4, 0.5) is 10.7 Å². The molecule has 4 heterocycles. The topological polar surface area (TPSA) is 136 Å². The first-order valence-corrected chi connectivity index (χ1v) is 16.0. The summed E-state index contributed by atoms with van der Waals surface area (Å²) in [5.74, 6) is 0.121. The van der Waals surface area contributed by atoms with Gasteiger partial charge in [-0.25, -0.2) is 14.8 Å². The average molecular weight is 603 g/mol. The molecule has 2 aliphatic heterocycles. The monoisotopic (exact) mass is 602 g/mol. The van der Waals surface area contributed by atoms with Gasteiger partial charge in [-0.05, 0) is 15.4 Å². The number of hydrogen-bond acceptors (Lipinski definition) is 8. The number of hydrogen-bond donors (Lipinski definition) is 2. The standard InChI is InChI=1S/C30H35N7O5Si/c1-30(2,3)43(19-12-8-6-9-13-19,20-14-10-7-11-15-20)40-16-21-22-24(42-29(39)33-22)27(41-21)37-18-31-23-25(37)34-28(35-26(23)38)32-17-36(4)5/h6-15,17-18,21-22,24,27H,16H2,1-5H3,(H,33,39)(H,34,35,38)/b32-17+/t21-,22-,24-,27-/m1/s1/i33+1. The van der Waals surface area contributed by atoms with Crippen LogP contribution in [0.25, 0.3) is 11.2 Å². The molecule has 12 nitrogen and oxygen atoms in total. The van der Waals surface area contributed by atoms with Gasteiger partial charge in [0.2, 0.25) is 5.95 Å². The van der Waals surface area contributed by atoms with Crippen LogP contribution in [-0.2, 0) is 13.9 Å². The molecule has 2 aliphatic rings. The van der Waals surface area contributed by atoms with Gasteiger partial charge in [0.15, 0.2) is 23.5 Å². The largest absolute Gasteiger partial charge is 0.439 e. The smallest absolute Gasteiger partial charge is 0.408 e. The summed E-state index contributed by atoms with van der Waals surface area (Å²) in [6.45, 7) is 6.82. The molecule has 2 fully saturated rings. The van der Waals surface area contributed by atoms with Crippen molar-refractivity contribution in [2.75, 3.05) is 20.7 Å². The van der Waals surface area contributed by atoms with Crippen molar-refractivity contribution in [3.63, 3.8) is 0 Å². The minimum atomic E-state index is -2.87. The van der Waals surface area contributed by atoms with Crippen molar-refractivity contribution in [1.82, 2.24) is 29.7 Å². The van der Waals surface area contributed by atoms with E-state index in [4.69, 9.17) is 13.9 Å². The number of alkyl carbamates (subject to hydrolysis) is 1. The number of imidazole rings is 1. The maximum atomic E-state index is 12.8. The Bertz CT molecular complexity index is 1660. The highest BCUT2D eigenvalue weighted by Gasteiger charge is 2.56. The second-order valence-corrected chi connectivity index (χ2v) is 16.3. The van der Waals surface area contributed by atoms with E-state index >= 15 is 0 Å². The van der Waals surface area contributed by atoms with Crippen molar-refractivity contribution in [1.29, 1.82) is 0 Å². The molecule has 13 heteroatoms. The lowest BCUT2D eigenvalue weighted by Gasteiger charge is -2.43. The number of carbonyl (C=O) groups excluding carboxylic acids is 1. The van der Waals surface area contributed by atoms with E-state index < -0.39 is 44.4 Å². The number of nitrogens with zero attached hydrogens (tertiary/aromatic N) is 5. The SMILES string of the molecule is CN(C)/C=N/c1nc2c(ncn2[C@@H]2O[C@H](CO[Si](c3ccccc3)(c3ccccc3)C(C)(C)C)[C@H]3[15NH]C(=O)O[C@H]32)c(=O)[nH]1. The Hall–Kier alpha value is -4.33. The molecular weight excluding hydrogens is 567 g/mol. The summed E-state index contributed by atoms with van der Waals surface area (Å²) in [6.07, 6.45) is 0.451. The van der Waals surface area contributed by atoms with Crippen molar-refractivity contribution in [2.24, 2.45) is 4.99 Å². The van der Waals surface area contributed by atoms with Crippen LogP contribution in [0.15, 0.2) is 76.8 Å². The van der Waals surface area contributed by atoms with Gasteiger partial charge in [0.05, 0.1) is 19.3 Å². The fourth-order valence-corrected chi connectivity index (χ4v) is 10.6. The van der Waals surface area contributed by atoms with Gasteiger partial charge < -0.3 is 24.1 Å². The molecule has 0 unspecified atom stereocenters. The fraction of sp³-hybridized carbons (Fsp3) is 0.367. The summed E-state index contributed by atoms with van der Waals surface area (Å²) in [5, 5.41) is 4.96. The maximum absolute atomic E-state index is 12.8. The molecule has 6 rings (SSSR count). The van der Waals surface area contributed by atoms with E-state index in [1.165, 1.54) is 12.7 Å². The molecule has 1 amide bonds. The lowest BCUT2D eigenvalue weighted by atomic mass is 10.1. The second-order valence-electron chi connectivity index (χ2n) is 12.0. The van der Waals surface area contributed by atoms with E-state index in [2.05, 4.69) is 70.3 Å². The molecule has 0 aliphatic carbocycles. The number of H-pyrrole nitrogens is 1. The van der Waals surface area contributed by atoms with Gasteiger partial charge in [0.1, 0.15) is 12.1 Å². The first-order chi connectivity index (χ1) is 20.6. The van der Waals surface area contributed by atoms with Crippen LogP contribution in [0.5, 0.6) is 0 Å². The van der Waals surface area contributed by atoms with Crippen LogP contribution < -0.4 is 21.2 Å². The van der Waals surface area contributed by atoms with Crippen molar-refractivity contribution < 1.29 is 18.7 Å². The van der Waals surface area contributed by atoms with Crippen LogP contribution in [-0.4, -0.2) is 84.1 Å². The Kier molecular flexibility index (Phi) is 7.40. The van der Waals surface area contributed by atoms with Gasteiger partial charge in [-0.15, -0.1) is 0 Å². The molecule has 0 bridgehead atoms. The lowest BCUT2D eigenvalue weighted by molar-refractivity contribution is -0.0521. The third-order valence-electron chi connectivity index (χ3n) is 7.86. The summed E-state index contributed by atoms with van der Waals surface area (Å²) in [5.41, 5.74) is -0.0273. The first kappa shape index (κ1) is 28.8. The number of aliphatic imine (C=N–C) groups is 1. The molecule has 43 heavy (non-hydrogen) atoms. The van der Waals surface area contributed by atoms with E-state index in [1.807, 2.05) is 50.5 Å². The summed E-state index contributed by atoms with van der Waals surface area (Å²) >= 11 is 0. The van der Waals surface area contributed by atoms with E-state index in [1.54, 1.807) is 9.47 Å². The third kappa shape index (κ3) is 5.13. The lowest BCUT2D eigenvalue weighted by Crippen LogP contribution is -2.67. The van der Waals surface area contributed by atoms with E-state index in [9.17, 15) is 9.59 Å². The predicted octanol–water partition coefficient (Wildman–Crippen LogP) is 2.29. The van der Waals surface area contributed by atoms with Gasteiger partial charge in [-0.3, -0.25) is 14.3 Å². The Labute approximate surface area is 249 Å². The van der Waals surface area contributed by atoms with E-state index in [0.717, 1.165) is 10.4 Å². The fourth-order valence-electron chi connectivity index (χ4n) is 6.00. The number of ether oxygens (including phenoxy) is 2. The molecule has 4 aromatic rings. The molecule has 0 spiro atoms. The number of aromatic nitrogens is 4. The molecule has 224 valence electrons. The number of aromatic amines is 1. The number of benzene rings is 2. The van der Waals surface area contributed by atoms with Gasteiger partial charge in [0, 0.05) is 14.1 Å². The number of rotatable bonds is 8. The van der Waals surface area contributed by atoms with E-state index in [0.29, 0.717) is 0 Å². The Morgan fingerprint density at radius 2 is 1.72 bits per heavy atom. The van der Waals surface area contributed by atoms with Crippen molar-refractivity contribution >= 4 is 48.2 Å². The molecular formula is C30H35N7O5Si. The van der Waals surface area contributed by atoms with Gasteiger partial charge >= 0.3 is 6.09 Å². The molecule has 2 aromatic carbocycles. The summed E-state index contributed by atoms with van der Waals surface area (Å²) in [4.78, 5) is 42.7. The predicted molar refractivity (Wildman–Crippen MR) is 165 cm³/mol. The summed E-state index contributed by atoms with van der Waals surface area (Å²) in [7, 11) is 0.752. The minimum absolute atomic E-state index is 0.121. The zero-order chi connectivity index (χ0) is 30.4. The quantitative estimate of drug-likeness (QED) is 0.136. The second kappa shape index (κ2) is 11.1. The first-order valence-electron chi connectivity index (χ1n) is 14.1. The average Bonchev–Trinajstić information content (AvgIpc) is 3.66. The Morgan fingerprint density at radius 3 is 2.33 bits per heavy atom. The summed E-state index contributed by atoms with van der Waals surface area (Å²) < 4.78 is 21.0. The normalized spacial score (nSPS) is 22.1. The molecule has 0 radical (unpaired) electrons. The molecule has 2 aromatic heterocycles. The highest BCUT2D eigenvalue weighted by molar-refractivity contribution is 6.99. The van der Waals surface area contributed by atoms with Gasteiger partial charge in [-0.2, -0.15) is 4.98 Å². The zero-order valence-corrected chi connectivity index (χ0v) is 25.7. The number of amides is 1. The molecule has 2 N–H and O–H groups in total. The minimum Gasteiger partial charge on any atom is -0.439 e. The molecule has 4 atom stereocenters. The Morgan fingerprint density at radius 1 is 1.07 bits per heavy atom. The third-order valence-corrected chi connectivity index (χ3v) is 12.9. The van der Waals surface area contributed by atoms with Gasteiger partial charge in [-0.1, -0.05) is 81.4 Å². The highest BCUT2D eigenvalue weighted by atomic mass is 28.4. The van der Waals surface area contributed by atoms with Crippen LogP contribution in [0.1, 0.15) is 27.0 Å². The van der Waals surface area contributed by atoms with Crippen LogP contribution in [0, 0.1) is 0 Å². The molecule has 0 saturated carbocycles. The highest BCUT2D eigenvalue weighted by Crippen LogP contribution is 2.40. The van der Waals surface area contributed by atoms with Crippen molar-refractivity contribution in [3.05, 3.63) is 77.3 Å².